The summed E-state index contributed by atoms with van der Waals surface area (Å²) in [6.45, 7) is 1.47. The van der Waals surface area contributed by atoms with Crippen molar-refractivity contribution in [3.05, 3.63) is 27.8 Å². The lowest BCUT2D eigenvalue weighted by atomic mass is 10.2. The fraction of sp³-hybridized carbons (Fsp3) is 0.143. The molecule has 0 fully saturated rings. The number of hydrogen-bond donors (Lipinski definition) is 2. The maximum Gasteiger partial charge on any atom is 0.273 e. The molecule has 1 aromatic carbocycles. The third-order valence-corrected chi connectivity index (χ3v) is 1.48. The van der Waals surface area contributed by atoms with Gasteiger partial charge in [0.25, 0.3) is 5.69 Å². The number of non-ortho nitro benzene ring substituents is 1. The summed E-state index contributed by atoms with van der Waals surface area (Å²) in [4.78, 5) is 9.60. The molecule has 0 unspecified atom stereocenters. The van der Waals surface area contributed by atoms with Crippen molar-refractivity contribution in [3.63, 3.8) is 0 Å². The first-order chi connectivity index (χ1) is 5.52. The molecular weight excluding hydrogens is 162 g/mol. The standard InChI is InChI=1S/C7H7NO4/c1-4-2-5(8(11)12)3-6(9)7(4)10/h2-3,9-10H,1H3. The monoisotopic (exact) mass is 169 g/mol. The molecule has 0 aliphatic carbocycles. The van der Waals surface area contributed by atoms with Crippen LogP contribution in [0.15, 0.2) is 12.1 Å². The first-order valence-electron chi connectivity index (χ1n) is 3.19. The Hall–Kier alpha value is -1.78. The molecule has 0 aliphatic heterocycles. The molecule has 0 saturated carbocycles. The van der Waals surface area contributed by atoms with Crippen LogP contribution >= 0.6 is 0 Å². The summed E-state index contributed by atoms with van der Waals surface area (Å²) >= 11 is 0. The Balaban J connectivity index is 3.31. The SMILES string of the molecule is Cc1cc([N+](=O)[O-])cc(O)c1O. The van der Waals surface area contributed by atoms with E-state index in [-0.39, 0.29) is 17.0 Å². The van der Waals surface area contributed by atoms with Crippen molar-refractivity contribution in [1.82, 2.24) is 0 Å². The highest BCUT2D eigenvalue weighted by molar-refractivity contribution is 5.51. The Kier molecular flexibility index (Phi) is 1.86. The number of aryl methyl sites for hydroxylation is 1. The third-order valence-electron chi connectivity index (χ3n) is 1.48. The Labute approximate surface area is 68.0 Å². The van der Waals surface area contributed by atoms with Gasteiger partial charge in [-0.2, -0.15) is 0 Å². The highest BCUT2D eigenvalue weighted by atomic mass is 16.6. The van der Waals surface area contributed by atoms with E-state index in [1.807, 2.05) is 0 Å². The second kappa shape index (κ2) is 2.69. The zero-order chi connectivity index (χ0) is 9.30. The highest BCUT2D eigenvalue weighted by Crippen LogP contribution is 2.32. The van der Waals surface area contributed by atoms with Crippen LogP contribution in [0.3, 0.4) is 0 Å². The van der Waals surface area contributed by atoms with Crippen LogP contribution in [0.5, 0.6) is 11.5 Å². The molecule has 1 rings (SSSR count). The molecule has 0 bridgehead atoms. The number of rotatable bonds is 1. The molecule has 2 N–H and O–H groups in total. The number of phenolic OH excluding ortho intramolecular Hbond substituents is 2. The molecular formula is C7H7NO4. The molecule has 0 heterocycles. The van der Waals surface area contributed by atoms with E-state index in [0.717, 1.165) is 6.07 Å². The third kappa shape index (κ3) is 1.29. The number of phenols is 2. The van der Waals surface area contributed by atoms with Gasteiger partial charge in [0, 0.05) is 11.6 Å². The van der Waals surface area contributed by atoms with Crippen LogP contribution < -0.4 is 0 Å². The first-order valence-corrected chi connectivity index (χ1v) is 3.19. The predicted molar refractivity (Wildman–Crippen MR) is 41.2 cm³/mol. The van der Waals surface area contributed by atoms with Gasteiger partial charge in [-0.1, -0.05) is 0 Å². The zero-order valence-corrected chi connectivity index (χ0v) is 6.31. The number of aromatic hydroxyl groups is 2. The van der Waals surface area contributed by atoms with E-state index in [1.54, 1.807) is 0 Å². The molecule has 1 aromatic rings. The number of benzene rings is 1. The molecule has 0 amide bonds. The van der Waals surface area contributed by atoms with Gasteiger partial charge in [0.1, 0.15) is 0 Å². The van der Waals surface area contributed by atoms with Crippen LogP contribution in [-0.4, -0.2) is 15.1 Å². The predicted octanol–water partition coefficient (Wildman–Crippen LogP) is 1.31. The lowest BCUT2D eigenvalue weighted by Crippen LogP contribution is -1.88. The van der Waals surface area contributed by atoms with Crippen LogP contribution in [0.1, 0.15) is 5.56 Å². The van der Waals surface area contributed by atoms with Crippen molar-refractivity contribution in [2.24, 2.45) is 0 Å². The van der Waals surface area contributed by atoms with E-state index in [2.05, 4.69) is 0 Å². The van der Waals surface area contributed by atoms with Gasteiger partial charge in [0.05, 0.1) is 11.0 Å². The normalized spacial score (nSPS) is 9.75. The maximum atomic E-state index is 10.2. The van der Waals surface area contributed by atoms with E-state index >= 15 is 0 Å². The van der Waals surface area contributed by atoms with Crippen molar-refractivity contribution in [2.75, 3.05) is 0 Å². The molecule has 0 aromatic heterocycles. The minimum Gasteiger partial charge on any atom is -0.504 e. The molecule has 0 spiro atoms. The topological polar surface area (TPSA) is 83.6 Å². The summed E-state index contributed by atoms with van der Waals surface area (Å²) in [6, 6.07) is 2.09. The fourth-order valence-corrected chi connectivity index (χ4v) is 0.848. The summed E-state index contributed by atoms with van der Waals surface area (Å²) in [6.07, 6.45) is 0. The van der Waals surface area contributed by atoms with Gasteiger partial charge in [0.2, 0.25) is 0 Å². The number of nitro groups is 1. The lowest BCUT2D eigenvalue weighted by Gasteiger charge is -2.00. The summed E-state index contributed by atoms with van der Waals surface area (Å²) in [5.41, 5.74) is 0.0458. The second-order valence-electron chi connectivity index (χ2n) is 2.39. The fourth-order valence-electron chi connectivity index (χ4n) is 0.848. The van der Waals surface area contributed by atoms with Crippen LogP contribution in [0.25, 0.3) is 0 Å². The van der Waals surface area contributed by atoms with Crippen molar-refractivity contribution in [3.8, 4) is 11.5 Å². The van der Waals surface area contributed by atoms with E-state index in [0.29, 0.717) is 0 Å². The molecule has 0 radical (unpaired) electrons. The Morgan fingerprint density at radius 3 is 2.42 bits per heavy atom. The van der Waals surface area contributed by atoms with Gasteiger partial charge in [-0.25, -0.2) is 0 Å². The van der Waals surface area contributed by atoms with Crippen LogP contribution in [-0.2, 0) is 0 Å². The largest absolute Gasteiger partial charge is 0.504 e. The van der Waals surface area contributed by atoms with E-state index in [9.17, 15) is 10.1 Å². The van der Waals surface area contributed by atoms with E-state index in [1.165, 1.54) is 13.0 Å². The van der Waals surface area contributed by atoms with Gasteiger partial charge in [0.15, 0.2) is 11.5 Å². The number of hydrogen-bond acceptors (Lipinski definition) is 4. The van der Waals surface area contributed by atoms with E-state index in [4.69, 9.17) is 10.2 Å². The van der Waals surface area contributed by atoms with Gasteiger partial charge in [-0.05, 0) is 6.92 Å². The lowest BCUT2D eigenvalue weighted by molar-refractivity contribution is -0.385. The average molecular weight is 169 g/mol. The highest BCUT2D eigenvalue weighted by Gasteiger charge is 2.12. The van der Waals surface area contributed by atoms with Crippen molar-refractivity contribution >= 4 is 5.69 Å². The Morgan fingerprint density at radius 2 is 2.00 bits per heavy atom. The second-order valence-corrected chi connectivity index (χ2v) is 2.39. The molecule has 0 atom stereocenters. The van der Waals surface area contributed by atoms with Gasteiger partial charge < -0.3 is 10.2 Å². The molecule has 0 saturated heterocycles. The smallest absolute Gasteiger partial charge is 0.273 e. The van der Waals surface area contributed by atoms with Crippen LogP contribution in [0.4, 0.5) is 5.69 Å². The minimum absolute atomic E-state index is 0.234. The minimum atomic E-state index is -0.633. The molecule has 12 heavy (non-hydrogen) atoms. The summed E-state index contributed by atoms with van der Waals surface area (Å²) in [5, 5.41) is 28.2. The molecule has 5 nitrogen and oxygen atoms in total. The van der Waals surface area contributed by atoms with Crippen molar-refractivity contribution < 1.29 is 15.1 Å². The first kappa shape index (κ1) is 8.32. The van der Waals surface area contributed by atoms with Crippen LogP contribution in [0.2, 0.25) is 0 Å². The molecule has 0 aliphatic rings. The van der Waals surface area contributed by atoms with Crippen molar-refractivity contribution in [2.45, 2.75) is 6.92 Å². The Morgan fingerprint density at radius 1 is 1.42 bits per heavy atom. The van der Waals surface area contributed by atoms with E-state index < -0.39 is 10.7 Å². The van der Waals surface area contributed by atoms with Gasteiger partial charge in [-0.3, -0.25) is 10.1 Å². The number of nitrogens with zero attached hydrogens (tertiary/aromatic N) is 1. The van der Waals surface area contributed by atoms with Gasteiger partial charge in [-0.15, -0.1) is 0 Å². The summed E-state index contributed by atoms with van der Waals surface area (Å²) in [5.74, 6) is -0.790. The maximum absolute atomic E-state index is 10.2. The van der Waals surface area contributed by atoms with Crippen LogP contribution in [0, 0.1) is 17.0 Å². The molecule has 64 valence electrons. The average Bonchev–Trinajstić information content (AvgIpc) is 1.99. The summed E-state index contributed by atoms with van der Waals surface area (Å²) < 4.78 is 0. The van der Waals surface area contributed by atoms with Gasteiger partial charge >= 0.3 is 0 Å². The zero-order valence-electron chi connectivity index (χ0n) is 6.31. The quantitative estimate of drug-likeness (QED) is 0.377. The molecule has 5 heteroatoms. The Bertz CT molecular complexity index is 311. The summed E-state index contributed by atoms with van der Waals surface area (Å²) in [7, 11) is 0. The number of nitro benzene ring substituents is 1. The van der Waals surface area contributed by atoms with Crippen molar-refractivity contribution in [1.29, 1.82) is 0 Å².